The van der Waals surface area contributed by atoms with Crippen LogP contribution in [0.4, 0.5) is 11.4 Å². The number of rotatable bonds is 6. The number of aliphatic hydroxyl groups is 1. The number of carbonyl (C=O) groups excluding carboxylic acids is 2. The lowest BCUT2D eigenvalue weighted by Gasteiger charge is -2.26. The summed E-state index contributed by atoms with van der Waals surface area (Å²) in [7, 11) is 3.87. The number of benzene rings is 4. The van der Waals surface area contributed by atoms with Gasteiger partial charge in [-0.2, -0.15) is 0 Å². The summed E-state index contributed by atoms with van der Waals surface area (Å²) in [5.74, 6) is -0.999. The Morgan fingerprint density at radius 3 is 2.29 bits per heavy atom. The summed E-state index contributed by atoms with van der Waals surface area (Å²) in [4.78, 5) is 30.6. The number of anilines is 2. The van der Waals surface area contributed by atoms with Crippen molar-refractivity contribution >= 4 is 39.6 Å². The van der Waals surface area contributed by atoms with E-state index in [0.717, 1.165) is 16.5 Å². The van der Waals surface area contributed by atoms with Gasteiger partial charge >= 0.3 is 0 Å². The van der Waals surface area contributed by atoms with Crippen LogP contribution < -0.4 is 14.5 Å². The Hall–Kier alpha value is -4.58. The van der Waals surface area contributed by atoms with E-state index in [1.165, 1.54) is 4.90 Å². The molecule has 1 aliphatic rings. The predicted molar refractivity (Wildman–Crippen MR) is 152 cm³/mol. The maximum atomic E-state index is 13.6. The van der Waals surface area contributed by atoms with Gasteiger partial charge in [0.05, 0.1) is 17.7 Å². The molecule has 1 fully saturated rings. The summed E-state index contributed by atoms with van der Waals surface area (Å²) in [5, 5.41) is 13.4. The zero-order valence-corrected chi connectivity index (χ0v) is 21.9. The Labute approximate surface area is 222 Å². The highest BCUT2D eigenvalue weighted by molar-refractivity contribution is 6.51. The molecule has 0 saturated carbocycles. The smallest absolute Gasteiger partial charge is 0.300 e. The molecule has 4 aromatic carbocycles. The van der Waals surface area contributed by atoms with E-state index in [9.17, 15) is 14.7 Å². The first-order valence-electron chi connectivity index (χ1n) is 12.6. The number of carbonyl (C=O) groups is 2. The Morgan fingerprint density at radius 1 is 0.895 bits per heavy atom. The van der Waals surface area contributed by atoms with Crippen LogP contribution >= 0.6 is 0 Å². The monoisotopic (exact) mass is 506 g/mol. The quantitative estimate of drug-likeness (QED) is 0.188. The highest BCUT2D eigenvalue weighted by Gasteiger charge is 2.47. The molecule has 1 atom stereocenters. The number of hydrogen-bond acceptors (Lipinski definition) is 5. The second-order valence-corrected chi connectivity index (χ2v) is 9.85. The van der Waals surface area contributed by atoms with Gasteiger partial charge in [0, 0.05) is 31.0 Å². The average Bonchev–Trinajstić information content (AvgIpc) is 3.18. The van der Waals surface area contributed by atoms with E-state index in [-0.39, 0.29) is 17.4 Å². The first-order chi connectivity index (χ1) is 18.3. The zero-order valence-electron chi connectivity index (χ0n) is 21.9. The molecule has 1 heterocycles. The molecule has 1 aliphatic heterocycles. The molecule has 0 aliphatic carbocycles. The maximum Gasteiger partial charge on any atom is 0.300 e. The summed E-state index contributed by atoms with van der Waals surface area (Å²) >= 11 is 0. The Kier molecular flexibility index (Phi) is 6.64. The highest BCUT2D eigenvalue weighted by Crippen LogP contribution is 2.43. The SMILES string of the molecule is CC(C)Oc1cccc(C2/C(=C(/O)c3cccc4ccccc34)C(=O)C(=O)N2c2ccc(N(C)C)cc2)c1. The van der Waals surface area contributed by atoms with Crippen LogP contribution in [-0.4, -0.2) is 37.0 Å². The van der Waals surface area contributed by atoms with Gasteiger partial charge in [0.25, 0.3) is 11.7 Å². The first-order valence-corrected chi connectivity index (χ1v) is 12.6. The van der Waals surface area contributed by atoms with Crippen molar-refractivity contribution in [1.29, 1.82) is 0 Å². The number of hydrogen-bond donors (Lipinski definition) is 1. The Bertz CT molecular complexity index is 1550. The molecule has 192 valence electrons. The van der Waals surface area contributed by atoms with Gasteiger partial charge in [0.15, 0.2) is 0 Å². The Morgan fingerprint density at radius 2 is 1.58 bits per heavy atom. The van der Waals surface area contributed by atoms with Gasteiger partial charge in [-0.3, -0.25) is 14.5 Å². The van der Waals surface area contributed by atoms with Gasteiger partial charge in [0.2, 0.25) is 0 Å². The van der Waals surface area contributed by atoms with Gasteiger partial charge in [0.1, 0.15) is 11.5 Å². The van der Waals surface area contributed by atoms with Crippen LogP contribution in [-0.2, 0) is 9.59 Å². The number of aliphatic hydroxyl groups excluding tert-OH is 1. The largest absolute Gasteiger partial charge is 0.507 e. The first kappa shape index (κ1) is 25.1. The fourth-order valence-electron chi connectivity index (χ4n) is 4.93. The van der Waals surface area contributed by atoms with E-state index in [2.05, 4.69) is 0 Å². The third kappa shape index (κ3) is 4.50. The van der Waals surface area contributed by atoms with E-state index in [0.29, 0.717) is 22.6 Å². The molecule has 5 rings (SSSR count). The molecule has 4 aromatic rings. The summed E-state index contributed by atoms with van der Waals surface area (Å²) < 4.78 is 5.92. The van der Waals surface area contributed by atoms with Crippen molar-refractivity contribution in [3.63, 3.8) is 0 Å². The minimum atomic E-state index is -0.838. The van der Waals surface area contributed by atoms with Crippen molar-refractivity contribution in [2.75, 3.05) is 23.9 Å². The van der Waals surface area contributed by atoms with Crippen molar-refractivity contribution < 1.29 is 19.4 Å². The molecular formula is C32H30N2O4. The van der Waals surface area contributed by atoms with Crippen LogP contribution in [0.25, 0.3) is 16.5 Å². The van der Waals surface area contributed by atoms with Crippen LogP contribution in [0.2, 0.25) is 0 Å². The summed E-state index contributed by atoms with van der Waals surface area (Å²) in [6.07, 6.45) is -0.0501. The van der Waals surface area contributed by atoms with Gasteiger partial charge in [-0.05, 0) is 66.6 Å². The van der Waals surface area contributed by atoms with E-state index in [1.54, 1.807) is 6.07 Å². The van der Waals surface area contributed by atoms with Crippen LogP contribution in [0, 0.1) is 0 Å². The second-order valence-electron chi connectivity index (χ2n) is 9.85. The highest BCUT2D eigenvalue weighted by atomic mass is 16.5. The van der Waals surface area contributed by atoms with E-state index in [1.807, 2.05) is 118 Å². The topological polar surface area (TPSA) is 70.1 Å². The molecular weight excluding hydrogens is 476 g/mol. The second kappa shape index (κ2) is 10.1. The van der Waals surface area contributed by atoms with Crippen molar-refractivity contribution in [2.45, 2.75) is 26.0 Å². The molecule has 0 bridgehead atoms. The van der Waals surface area contributed by atoms with Crippen molar-refractivity contribution in [3.8, 4) is 5.75 Å². The van der Waals surface area contributed by atoms with Crippen LogP contribution in [0.3, 0.4) is 0 Å². The normalized spacial score (nSPS) is 16.9. The molecule has 0 aromatic heterocycles. The fraction of sp³-hybridized carbons (Fsp3) is 0.188. The molecule has 0 radical (unpaired) electrons. The number of Topliss-reactive ketones (excluding diaryl/α,β-unsaturated/α-hetero) is 1. The summed E-state index contributed by atoms with van der Waals surface area (Å²) in [6.45, 7) is 3.87. The number of amides is 1. The molecule has 6 nitrogen and oxygen atoms in total. The molecule has 1 unspecified atom stereocenters. The van der Waals surface area contributed by atoms with Crippen molar-refractivity contribution in [3.05, 3.63) is 108 Å². The van der Waals surface area contributed by atoms with Crippen molar-refractivity contribution in [1.82, 2.24) is 0 Å². The lowest BCUT2D eigenvalue weighted by Crippen LogP contribution is -2.29. The zero-order chi connectivity index (χ0) is 27.0. The summed E-state index contributed by atoms with van der Waals surface area (Å²) in [6, 6.07) is 27.1. The van der Waals surface area contributed by atoms with E-state index in [4.69, 9.17) is 4.74 Å². The van der Waals surface area contributed by atoms with E-state index >= 15 is 0 Å². The van der Waals surface area contributed by atoms with Gasteiger partial charge in [-0.1, -0.05) is 54.6 Å². The molecule has 1 saturated heterocycles. The molecule has 1 N–H and O–H groups in total. The lowest BCUT2D eigenvalue weighted by atomic mass is 9.93. The fourth-order valence-corrected chi connectivity index (χ4v) is 4.93. The number of fused-ring (bicyclic) bond motifs is 1. The predicted octanol–water partition coefficient (Wildman–Crippen LogP) is 6.32. The van der Waals surface area contributed by atoms with Gasteiger partial charge in [-0.25, -0.2) is 0 Å². The number of ketones is 1. The average molecular weight is 507 g/mol. The van der Waals surface area contributed by atoms with Crippen molar-refractivity contribution in [2.24, 2.45) is 0 Å². The minimum Gasteiger partial charge on any atom is -0.507 e. The number of nitrogens with zero attached hydrogens (tertiary/aromatic N) is 2. The molecule has 0 spiro atoms. The van der Waals surface area contributed by atoms with Crippen LogP contribution in [0.5, 0.6) is 5.75 Å². The van der Waals surface area contributed by atoms with Crippen LogP contribution in [0.15, 0.2) is 96.6 Å². The van der Waals surface area contributed by atoms with E-state index < -0.39 is 17.7 Å². The van der Waals surface area contributed by atoms with Crippen LogP contribution in [0.1, 0.15) is 31.0 Å². The molecule has 6 heteroatoms. The Balaban J connectivity index is 1.73. The number of ether oxygens (including phenoxy) is 1. The van der Waals surface area contributed by atoms with Gasteiger partial charge < -0.3 is 14.7 Å². The summed E-state index contributed by atoms with van der Waals surface area (Å²) in [5.41, 5.74) is 2.74. The third-order valence-corrected chi connectivity index (χ3v) is 6.68. The molecule has 1 amide bonds. The maximum absolute atomic E-state index is 13.6. The van der Waals surface area contributed by atoms with Gasteiger partial charge in [-0.15, -0.1) is 0 Å². The standard InChI is InChI=1S/C32H30N2O4/c1-20(2)38-25-12-7-11-22(19-25)29-28(30(35)27-14-8-10-21-9-5-6-13-26(21)27)31(36)32(37)34(29)24-17-15-23(16-18-24)33(3)4/h5-20,29,35H,1-4H3/b30-28-. The lowest BCUT2D eigenvalue weighted by molar-refractivity contribution is -0.132. The molecule has 38 heavy (non-hydrogen) atoms. The third-order valence-electron chi connectivity index (χ3n) is 6.68. The minimum absolute atomic E-state index is 0.0461.